The maximum atomic E-state index is 4.59. The molecule has 0 atom stereocenters. The van der Waals surface area contributed by atoms with E-state index in [0.717, 1.165) is 22.2 Å². The third-order valence-corrected chi connectivity index (χ3v) is 2.98. The van der Waals surface area contributed by atoms with E-state index in [1.807, 2.05) is 24.4 Å². The number of benzene rings is 1. The van der Waals surface area contributed by atoms with Gasteiger partial charge in [0.2, 0.25) is 0 Å². The van der Waals surface area contributed by atoms with Crippen molar-refractivity contribution >= 4 is 27.6 Å². The van der Waals surface area contributed by atoms with Gasteiger partial charge in [0.15, 0.2) is 0 Å². The van der Waals surface area contributed by atoms with Crippen LogP contribution in [0.3, 0.4) is 0 Å². The van der Waals surface area contributed by atoms with E-state index < -0.39 is 0 Å². The molecule has 3 nitrogen and oxygen atoms in total. The SMILES string of the molecule is c1ccc2c(c1)nc1cc3[nH]ccc3cn12. The van der Waals surface area contributed by atoms with Gasteiger partial charge in [0.25, 0.3) is 0 Å². The Balaban J connectivity index is 2.32. The van der Waals surface area contributed by atoms with Crippen molar-refractivity contribution in [1.29, 1.82) is 0 Å². The van der Waals surface area contributed by atoms with E-state index in [0.29, 0.717) is 0 Å². The zero-order chi connectivity index (χ0) is 10.5. The van der Waals surface area contributed by atoms with Gasteiger partial charge in [0.05, 0.1) is 16.6 Å². The standard InChI is InChI=1S/C13H9N3/c1-2-4-12-10(3-1)15-13-7-11-9(5-6-14-11)8-16(12)13/h1-8,14H. The molecule has 3 aromatic heterocycles. The number of nitrogens with one attached hydrogen (secondary N) is 1. The Morgan fingerprint density at radius 3 is 3.06 bits per heavy atom. The minimum absolute atomic E-state index is 0.983. The number of hydrogen-bond acceptors (Lipinski definition) is 1. The number of nitrogens with zero attached hydrogens (tertiary/aromatic N) is 2. The molecule has 0 bridgehead atoms. The van der Waals surface area contributed by atoms with Crippen molar-refractivity contribution in [2.45, 2.75) is 0 Å². The summed E-state index contributed by atoms with van der Waals surface area (Å²) in [7, 11) is 0. The molecule has 16 heavy (non-hydrogen) atoms. The maximum absolute atomic E-state index is 4.59. The Kier molecular flexibility index (Phi) is 1.31. The van der Waals surface area contributed by atoms with Crippen LogP contribution in [0, 0.1) is 0 Å². The molecule has 0 aliphatic rings. The molecule has 0 amide bonds. The number of H-pyrrole nitrogens is 1. The first-order chi connectivity index (χ1) is 7.92. The Bertz CT molecular complexity index is 808. The first-order valence-electron chi connectivity index (χ1n) is 5.26. The van der Waals surface area contributed by atoms with Crippen molar-refractivity contribution in [1.82, 2.24) is 14.4 Å². The highest BCUT2D eigenvalue weighted by Crippen LogP contribution is 2.20. The average Bonchev–Trinajstić information content (AvgIpc) is 2.88. The lowest BCUT2D eigenvalue weighted by Crippen LogP contribution is -1.83. The second-order valence-corrected chi connectivity index (χ2v) is 3.95. The smallest absolute Gasteiger partial charge is 0.140 e. The number of pyridine rings is 1. The molecule has 0 fully saturated rings. The average molecular weight is 207 g/mol. The Hall–Kier alpha value is -2.29. The number of aromatic nitrogens is 3. The summed E-state index contributed by atoms with van der Waals surface area (Å²) in [6.07, 6.45) is 4.07. The van der Waals surface area contributed by atoms with Crippen LogP contribution in [0.1, 0.15) is 0 Å². The number of imidazole rings is 1. The summed E-state index contributed by atoms with van der Waals surface area (Å²) in [4.78, 5) is 7.79. The van der Waals surface area contributed by atoms with Gasteiger partial charge in [-0.25, -0.2) is 4.98 Å². The lowest BCUT2D eigenvalue weighted by atomic mass is 10.3. The minimum Gasteiger partial charge on any atom is -0.361 e. The molecule has 1 aromatic carbocycles. The molecule has 0 unspecified atom stereocenters. The molecule has 4 rings (SSSR count). The molecule has 0 aliphatic heterocycles. The Morgan fingerprint density at radius 1 is 1.12 bits per heavy atom. The molecule has 3 heterocycles. The van der Waals surface area contributed by atoms with Crippen LogP contribution in [0.15, 0.2) is 48.8 Å². The van der Waals surface area contributed by atoms with Crippen LogP contribution in [-0.2, 0) is 0 Å². The van der Waals surface area contributed by atoms with E-state index in [4.69, 9.17) is 0 Å². The molecule has 0 aliphatic carbocycles. The van der Waals surface area contributed by atoms with Gasteiger partial charge >= 0.3 is 0 Å². The molecular weight excluding hydrogens is 198 g/mol. The highest BCUT2D eigenvalue weighted by atomic mass is 15.0. The van der Waals surface area contributed by atoms with Crippen LogP contribution < -0.4 is 0 Å². The summed E-state index contributed by atoms with van der Waals surface area (Å²) in [5, 5.41) is 1.20. The lowest BCUT2D eigenvalue weighted by molar-refractivity contribution is 1.25. The van der Waals surface area contributed by atoms with Crippen LogP contribution in [0.25, 0.3) is 27.6 Å². The van der Waals surface area contributed by atoms with E-state index in [1.165, 1.54) is 5.39 Å². The highest BCUT2D eigenvalue weighted by Gasteiger charge is 2.04. The molecule has 1 N–H and O–H groups in total. The third-order valence-electron chi connectivity index (χ3n) is 2.98. The molecule has 76 valence electrons. The van der Waals surface area contributed by atoms with Crippen LogP contribution in [0.5, 0.6) is 0 Å². The van der Waals surface area contributed by atoms with Crippen molar-refractivity contribution in [3.05, 3.63) is 48.8 Å². The van der Waals surface area contributed by atoms with Crippen molar-refractivity contribution in [3.8, 4) is 0 Å². The predicted octanol–water partition coefficient (Wildman–Crippen LogP) is 2.97. The van der Waals surface area contributed by atoms with Gasteiger partial charge in [0.1, 0.15) is 5.65 Å². The first kappa shape index (κ1) is 7.93. The number of para-hydroxylation sites is 2. The maximum Gasteiger partial charge on any atom is 0.140 e. The van der Waals surface area contributed by atoms with Gasteiger partial charge in [-0.2, -0.15) is 0 Å². The summed E-state index contributed by atoms with van der Waals surface area (Å²) in [6.45, 7) is 0. The van der Waals surface area contributed by atoms with Gasteiger partial charge in [0, 0.05) is 23.8 Å². The van der Waals surface area contributed by atoms with Gasteiger partial charge in [-0.1, -0.05) is 12.1 Å². The largest absolute Gasteiger partial charge is 0.361 e. The van der Waals surface area contributed by atoms with Crippen molar-refractivity contribution in [2.24, 2.45) is 0 Å². The van der Waals surface area contributed by atoms with E-state index in [1.54, 1.807) is 0 Å². The fraction of sp³-hybridized carbons (Fsp3) is 0. The molecule has 0 radical (unpaired) electrons. The summed E-state index contributed by atoms with van der Waals surface area (Å²) in [6, 6.07) is 12.3. The van der Waals surface area contributed by atoms with Crippen LogP contribution in [0.4, 0.5) is 0 Å². The zero-order valence-corrected chi connectivity index (χ0v) is 8.51. The summed E-state index contributed by atoms with van der Waals surface area (Å²) >= 11 is 0. The lowest BCUT2D eigenvalue weighted by Gasteiger charge is -1.95. The number of rotatable bonds is 0. The fourth-order valence-electron chi connectivity index (χ4n) is 2.20. The van der Waals surface area contributed by atoms with Crippen molar-refractivity contribution in [3.63, 3.8) is 0 Å². The summed E-state index contributed by atoms with van der Waals surface area (Å²) in [5.41, 5.74) is 4.30. The second-order valence-electron chi connectivity index (χ2n) is 3.95. The predicted molar refractivity (Wildman–Crippen MR) is 64.6 cm³/mol. The highest BCUT2D eigenvalue weighted by molar-refractivity contribution is 5.87. The third kappa shape index (κ3) is 0.896. The normalized spacial score (nSPS) is 11.8. The van der Waals surface area contributed by atoms with Gasteiger partial charge < -0.3 is 4.98 Å². The van der Waals surface area contributed by atoms with Crippen molar-refractivity contribution in [2.75, 3.05) is 0 Å². The summed E-state index contributed by atoms with van der Waals surface area (Å²) < 4.78 is 2.13. The van der Waals surface area contributed by atoms with Crippen LogP contribution in [-0.4, -0.2) is 14.4 Å². The Morgan fingerprint density at radius 2 is 2.06 bits per heavy atom. The topological polar surface area (TPSA) is 33.1 Å². The van der Waals surface area contributed by atoms with E-state index in [9.17, 15) is 0 Å². The summed E-state index contributed by atoms with van der Waals surface area (Å²) in [5.74, 6) is 0. The molecule has 0 saturated heterocycles. The van der Waals surface area contributed by atoms with E-state index >= 15 is 0 Å². The van der Waals surface area contributed by atoms with Crippen LogP contribution in [0.2, 0.25) is 0 Å². The Labute approximate surface area is 91.3 Å². The minimum atomic E-state index is 0.983. The van der Waals surface area contributed by atoms with Gasteiger partial charge in [-0.05, 0) is 18.2 Å². The first-order valence-corrected chi connectivity index (χ1v) is 5.26. The zero-order valence-electron chi connectivity index (χ0n) is 8.51. The fourth-order valence-corrected chi connectivity index (χ4v) is 2.20. The van der Waals surface area contributed by atoms with E-state index in [2.05, 4.69) is 38.8 Å². The van der Waals surface area contributed by atoms with Crippen LogP contribution >= 0.6 is 0 Å². The molecule has 3 heteroatoms. The number of hydrogen-bond donors (Lipinski definition) is 1. The second kappa shape index (κ2) is 2.64. The van der Waals surface area contributed by atoms with Gasteiger partial charge in [-0.3, -0.25) is 4.40 Å². The quantitative estimate of drug-likeness (QED) is 0.472. The molecular formula is C13H9N3. The van der Waals surface area contributed by atoms with E-state index in [-0.39, 0.29) is 0 Å². The van der Waals surface area contributed by atoms with Gasteiger partial charge in [-0.15, -0.1) is 0 Å². The number of fused-ring (bicyclic) bond motifs is 4. The molecule has 0 spiro atoms. The monoisotopic (exact) mass is 207 g/mol. The molecule has 0 saturated carbocycles. The number of aromatic amines is 1. The van der Waals surface area contributed by atoms with Crippen molar-refractivity contribution < 1.29 is 0 Å². The molecule has 4 aromatic rings.